The Bertz CT molecular complexity index is 864. The zero-order chi connectivity index (χ0) is 22.9. The van der Waals surface area contributed by atoms with Crippen molar-refractivity contribution in [1.29, 1.82) is 0 Å². The van der Waals surface area contributed by atoms with Crippen molar-refractivity contribution < 1.29 is 19.4 Å². The second kappa shape index (κ2) is 11.7. The molecule has 32 heavy (non-hydrogen) atoms. The average molecular weight is 442 g/mol. The standard InChI is InChI=1S/C25H35N3O4/c1-18-10-12-28(13-11-18)17-20-6-4-19(5-7-20)15-26-25(30)27-16-23(29)22-14-21(31-2)8-9-24(22)32-3/h4-9,14,18,23,29H,10-13,15-17H2,1-3H3,(H2,26,27,30). The van der Waals surface area contributed by atoms with E-state index in [2.05, 4.69) is 46.7 Å². The van der Waals surface area contributed by atoms with Crippen LogP contribution in [0.25, 0.3) is 0 Å². The van der Waals surface area contributed by atoms with Gasteiger partial charge in [0.25, 0.3) is 0 Å². The van der Waals surface area contributed by atoms with E-state index in [1.165, 1.54) is 25.5 Å². The van der Waals surface area contributed by atoms with Gasteiger partial charge in [0.2, 0.25) is 0 Å². The lowest BCUT2D eigenvalue weighted by Gasteiger charge is -2.30. The maximum absolute atomic E-state index is 12.2. The molecule has 0 radical (unpaired) electrons. The topological polar surface area (TPSA) is 83.1 Å². The molecule has 2 aromatic rings. The molecule has 0 aromatic heterocycles. The predicted molar refractivity (Wildman–Crippen MR) is 125 cm³/mol. The number of ether oxygens (including phenoxy) is 2. The first kappa shape index (κ1) is 23.9. The van der Waals surface area contributed by atoms with Gasteiger partial charge in [0, 0.05) is 25.2 Å². The fourth-order valence-corrected chi connectivity index (χ4v) is 3.88. The van der Waals surface area contributed by atoms with E-state index in [-0.39, 0.29) is 12.6 Å². The highest BCUT2D eigenvalue weighted by molar-refractivity contribution is 5.73. The van der Waals surface area contributed by atoms with Crippen LogP contribution in [0.2, 0.25) is 0 Å². The lowest BCUT2D eigenvalue weighted by atomic mass is 9.99. The van der Waals surface area contributed by atoms with Gasteiger partial charge in [-0.3, -0.25) is 4.90 Å². The van der Waals surface area contributed by atoms with Crippen LogP contribution < -0.4 is 20.1 Å². The summed E-state index contributed by atoms with van der Waals surface area (Å²) in [4.78, 5) is 14.7. The SMILES string of the molecule is COc1ccc(OC)c(C(O)CNC(=O)NCc2ccc(CN3CCC(C)CC3)cc2)c1. The van der Waals surface area contributed by atoms with E-state index in [0.717, 1.165) is 31.1 Å². The van der Waals surface area contributed by atoms with Gasteiger partial charge in [0.05, 0.1) is 14.2 Å². The minimum atomic E-state index is -0.914. The van der Waals surface area contributed by atoms with Crippen LogP contribution in [0.3, 0.4) is 0 Å². The first-order valence-corrected chi connectivity index (χ1v) is 11.2. The Kier molecular flexibility index (Phi) is 8.76. The van der Waals surface area contributed by atoms with E-state index in [0.29, 0.717) is 23.6 Å². The Balaban J connectivity index is 1.43. The second-order valence-electron chi connectivity index (χ2n) is 8.46. The maximum Gasteiger partial charge on any atom is 0.315 e. The van der Waals surface area contributed by atoms with Crippen molar-refractivity contribution in [2.24, 2.45) is 5.92 Å². The molecule has 0 bridgehead atoms. The third-order valence-electron chi connectivity index (χ3n) is 6.01. The van der Waals surface area contributed by atoms with Crippen molar-refractivity contribution in [3.8, 4) is 11.5 Å². The first-order chi connectivity index (χ1) is 15.5. The minimum Gasteiger partial charge on any atom is -0.497 e. The Labute approximate surface area is 190 Å². The maximum atomic E-state index is 12.2. The summed E-state index contributed by atoms with van der Waals surface area (Å²) in [6.07, 6.45) is 1.63. The largest absolute Gasteiger partial charge is 0.497 e. The van der Waals surface area contributed by atoms with Gasteiger partial charge < -0.3 is 25.2 Å². The number of hydrogen-bond acceptors (Lipinski definition) is 5. The monoisotopic (exact) mass is 441 g/mol. The molecule has 0 aliphatic carbocycles. The third-order valence-corrected chi connectivity index (χ3v) is 6.01. The Morgan fingerprint density at radius 2 is 1.75 bits per heavy atom. The van der Waals surface area contributed by atoms with Crippen molar-refractivity contribution in [1.82, 2.24) is 15.5 Å². The van der Waals surface area contributed by atoms with Gasteiger partial charge in [-0.1, -0.05) is 31.2 Å². The number of carbonyl (C=O) groups excluding carboxylic acids is 1. The number of nitrogens with zero attached hydrogens (tertiary/aromatic N) is 1. The zero-order valence-electron chi connectivity index (χ0n) is 19.3. The number of methoxy groups -OCH3 is 2. The van der Waals surface area contributed by atoms with Crippen LogP contribution >= 0.6 is 0 Å². The number of amides is 2. The molecular formula is C25H35N3O4. The summed E-state index contributed by atoms with van der Waals surface area (Å²) in [7, 11) is 3.10. The van der Waals surface area contributed by atoms with E-state index >= 15 is 0 Å². The lowest BCUT2D eigenvalue weighted by molar-refractivity contribution is 0.169. The van der Waals surface area contributed by atoms with Gasteiger partial charge in [-0.15, -0.1) is 0 Å². The van der Waals surface area contributed by atoms with Crippen molar-refractivity contribution in [3.05, 3.63) is 59.2 Å². The van der Waals surface area contributed by atoms with Crippen molar-refractivity contribution in [2.75, 3.05) is 33.9 Å². The van der Waals surface area contributed by atoms with Crippen LogP contribution in [0.1, 0.15) is 42.6 Å². The molecule has 1 aliphatic heterocycles. The number of piperidine rings is 1. The molecule has 1 saturated heterocycles. The molecule has 1 atom stereocenters. The summed E-state index contributed by atoms with van der Waals surface area (Å²) in [6, 6.07) is 13.2. The smallest absolute Gasteiger partial charge is 0.315 e. The number of nitrogens with one attached hydrogen (secondary N) is 2. The number of aliphatic hydroxyl groups excluding tert-OH is 1. The van der Waals surface area contributed by atoms with E-state index in [4.69, 9.17) is 9.47 Å². The number of likely N-dealkylation sites (tertiary alicyclic amines) is 1. The molecule has 7 heteroatoms. The number of carbonyl (C=O) groups is 1. The fraction of sp³-hybridized carbons (Fsp3) is 0.480. The number of aliphatic hydroxyl groups is 1. The predicted octanol–water partition coefficient (Wildman–Crippen LogP) is 3.47. The summed E-state index contributed by atoms with van der Waals surface area (Å²) < 4.78 is 10.5. The molecule has 2 amide bonds. The molecule has 1 unspecified atom stereocenters. The van der Waals surface area contributed by atoms with Crippen LogP contribution in [0.15, 0.2) is 42.5 Å². The van der Waals surface area contributed by atoms with E-state index < -0.39 is 6.10 Å². The summed E-state index contributed by atoms with van der Waals surface area (Å²) in [5.74, 6) is 1.99. The van der Waals surface area contributed by atoms with Crippen LogP contribution in [0, 0.1) is 5.92 Å². The Hall–Kier alpha value is -2.77. The van der Waals surface area contributed by atoms with Crippen molar-refractivity contribution in [3.63, 3.8) is 0 Å². The van der Waals surface area contributed by atoms with Gasteiger partial charge in [-0.25, -0.2) is 4.79 Å². The Morgan fingerprint density at radius 3 is 2.41 bits per heavy atom. The summed E-state index contributed by atoms with van der Waals surface area (Å²) in [5, 5.41) is 16.0. The molecule has 174 valence electrons. The van der Waals surface area contributed by atoms with E-state index in [1.54, 1.807) is 25.3 Å². The highest BCUT2D eigenvalue weighted by Gasteiger charge is 2.17. The van der Waals surface area contributed by atoms with Gasteiger partial charge in [0.1, 0.15) is 17.6 Å². The van der Waals surface area contributed by atoms with Gasteiger partial charge >= 0.3 is 6.03 Å². The third kappa shape index (κ3) is 6.87. The second-order valence-corrected chi connectivity index (χ2v) is 8.46. The van der Waals surface area contributed by atoms with Crippen LogP contribution in [0.4, 0.5) is 4.79 Å². The normalized spacial score (nSPS) is 15.8. The molecule has 3 N–H and O–H groups in total. The first-order valence-electron chi connectivity index (χ1n) is 11.2. The van der Waals surface area contributed by atoms with Crippen LogP contribution in [0.5, 0.6) is 11.5 Å². The van der Waals surface area contributed by atoms with Gasteiger partial charge in [-0.05, 0) is 61.2 Å². The van der Waals surface area contributed by atoms with Crippen molar-refractivity contribution >= 4 is 6.03 Å². The fourth-order valence-electron chi connectivity index (χ4n) is 3.88. The molecule has 1 heterocycles. The zero-order valence-corrected chi connectivity index (χ0v) is 19.3. The lowest BCUT2D eigenvalue weighted by Crippen LogP contribution is -2.37. The van der Waals surface area contributed by atoms with Crippen molar-refractivity contribution in [2.45, 2.75) is 39.0 Å². The summed E-state index contributed by atoms with van der Waals surface area (Å²) in [6.45, 7) is 6.11. The molecule has 1 fully saturated rings. The molecule has 2 aromatic carbocycles. The van der Waals surface area contributed by atoms with Crippen LogP contribution in [-0.2, 0) is 13.1 Å². The molecular weight excluding hydrogens is 406 g/mol. The number of urea groups is 1. The van der Waals surface area contributed by atoms with E-state index in [1.807, 2.05) is 0 Å². The Morgan fingerprint density at radius 1 is 1.06 bits per heavy atom. The van der Waals surface area contributed by atoms with Gasteiger partial charge in [-0.2, -0.15) is 0 Å². The minimum absolute atomic E-state index is 0.0583. The quantitative estimate of drug-likeness (QED) is 0.555. The number of hydrogen-bond donors (Lipinski definition) is 3. The summed E-state index contributed by atoms with van der Waals surface area (Å²) in [5.41, 5.74) is 2.89. The molecule has 0 spiro atoms. The van der Waals surface area contributed by atoms with Crippen LogP contribution in [-0.4, -0.2) is 49.9 Å². The average Bonchev–Trinajstić information content (AvgIpc) is 2.83. The van der Waals surface area contributed by atoms with E-state index in [9.17, 15) is 9.90 Å². The van der Waals surface area contributed by atoms with Gasteiger partial charge in [0.15, 0.2) is 0 Å². The number of benzene rings is 2. The molecule has 0 saturated carbocycles. The molecule has 7 nitrogen and oxygen atoms in total. The summed E-state index contributed by atoms with van der Waals surface area (Å²) >= 11 is 0. The number of rotatable bonds is 9. The molecule has 1 aliphatic rings. The highest BCUT2D eigenvalue weighted by Crippen LogP contribution is 2.29. The molecule has 3 rings (SSSR count). The highest BCUT2D eigenvalue weighted by atomic mass is 16.5.